The first-order chi connectivity index (χ1) is 17.3. The zero-order valence-electron chi connectivity index (χ0n) is 19.2. The highest BCUT2D eigenvalue weighted by Gasteiger charge is 2.35. The van der Waals surface area contributed by atoms with E-state index in [1.165, 1.54) is 13.3 Å². The molecule has 1 aliphatic rings. The lowest BCUT2D eigenvalue weighted by molar-refractivity contribution is -0.126. The standard InChI is InChI=1S/C26H22Cl3N3O4/c1-35-24-11-16(3-9-23(24)36-15-17-2-8-21(28)22(29)10-17)13-30-31-26(34)18-12-25(33)32(14-18)20-6-4-19(27)5-7-20/h2-11,13,18H,12,14-15H2,1H3,(H,31,34)/b30-13-/t18-/m1/s1. The van der Waals surface area contributed by atoms with E-state index < -0.39 is 5.92 Å². The van der Waals surface area contributed by atoms with E-state index in [1.807, 2.05) is 6.07 Å². The van der Waals surface area contributed by atoms with Crippen LogP contribution in [0.25, 0.3) is 0 Å². The number of anilines is 1. The predicted octanol–water partition coefficient (Wildman–Crippen LogP) is 5.74. The van der Waals surface area contributed by atoms with Crippen LogP contribution < -0.4 is 19.8 Å². The van der Waals surface area contributed by atoms with Crippen molar-refractivity contribution in [1.82, 2.24) is 5.43 Å². The van der Waals surface area contributed by atoms with Crippen molar-refractivity contribution in [3.05, 3.63) is 86.9 Å². The Kier molecular flexibility index (Phi) is 8.36. The van der Waals surface area contributed by atoms with Crippen LogP contribution in [0, 0.1) is 5.92 Å². The van der Waals surface area contributed by atoms with Crippen LogP contribution in [0.2, 0.25) is 15.1 Å². The van der Waals surface area contributed by atoms with Crippen molar-refractivity contribution in [3.8, 4) is 11.5 Å². The van der Waals surface area contributed by atoms with Gasteiger partial charge in [-0.2, -0.15) is 5.10 Å². The molecule has 3 aromatic carbocycles. The lowest BCUT2D eigenvalue weighted by Crippen LogP contribution is -2.30. The number of nitrogens with zero attached hydrogens (tertiary/aromatic N) is 2. The molecule has 0 aliphatic carbocycles. The maximum Gasteiger partial charge on any atom is 0.245 e. The van der Waals surface area contributed by atoms with Gasteiger partial charge in [0.2, 0.25) is 11.8 Å². The Hall–Kier alpha value is -3.26. The SMILES string of the molecule is COc1cc(/C=N\NC(=O)[C@@H]2CC(=O)N(c3ccc(Cl)cc3)C2)ccc1OCc1ccc(Cl)c(Cl)c1. The number of ether oxygens (including phenoxy) is 2. The van der Waals surface area contributed by atoms with E-state index >= 15 is 0 Å². The van der Waals surface area contributed by atoms with Gasteiger partial charge in [-0.3, -0.25) is 9.59 Å². The molecule has 1 fully saturated rings. The monoisotopic (exact) mass is 545 g/mol. The zero-order valence-corrected chi connectivity index (χ0v) is 21.5. The number of nitrogens with one attached hydrogen (secondary N) is 1. The number of halogens is 3. The smallest absolute Gasteiger partial charge is 0.245 e. The molecule has 186 valence electrons. The lowest BCUT2D eigenvalue weighted by Gasteiger charge is -2.16. The Bertz CT molecular complexity index is 1300. The molecule has 10 heteroatoms. The second kappa shape index (κ2) is 11.6. The predicted molar refractivity (Wildman–Crippen MR) is 141 cm³/mol. The highest BCUT2D eigenvalue weighted by Crippen LogP contribution is 2.30. The highest BCUT2D eigenvalue weighted by atomic mass is 35.5. The van der Waals surface area contributed by atoms with Gasteiger partial charge < -0.3 is 14.4 Å². The van der Waals surface area contributed by atoms with Crippen molar-refractivity contribution in [2.75, 3.05) is 18.6 Å². The fraction of sp³-hybridized carbons (Fsp3) is 0.192. The van der Waals surface area contributed by atoms with Crippen molar-refractivity contribution in [2.45, 2.75) is 13.0 Å². The highest BCUT2D eigenvalue weighted by molar-refractivity contribution is 6.42. The average molecular weight is 547 g/mol. The van der Waals surface area contributed by atoms with Crippen LogP contribution in [-0.4, -0.2) is 31.7 Å². The number of carbonyl (C=O) groups is 2. The van der Waals surface area contributed by atoms with Crippen LogP contribution in [0.4, 0.5) is 5.69 Å². The van der Waals surface area contributed by atoms with Crippen LogP contribution in [0.3, 0.4) is 0 Å². The quantitative estimate of drug-likeness (QED) is 0.289. The van der Waals surface area contributed by atoms with Crippen molar-refractivity contribution < 1.29 is 19.1 Å². The third kappa shape index (κ3) is 6.29. The Morgan fingerprint density at radius 2 is 1.83 bits per heavy atom. The van der Waals surface area contributed by atoms with Gasteiger partial charge >= 0.3 is 0 Å². The zero-order chi connectivity index (χ0) is 25.7. The van der Waals surface area contributed by atoms with Crippen LogP contribution in [-0.2, 0) is 16.2 Å². The summed E-state index contributed by atoms with van der Waals surface area (Å²) in [5.74, 6) is 0.0890. The maximum atomic E-state index is 12.6. The van der Waals surface area contributed by atoms with E-state index in [2.05, 4.69) is 10.5 Å². The van der Waals surface area contributed by atoms with E-state index in [4.69, 9.17) is 44.3 Å². The first-order valence-electron chi connectivity index (χ1n) is 11.0. The molecule has 1 atom stereocenters. The maximum absolute atomic E-state index is 12.6. The molecule has 0 spiro atoms. The first kappa shape index (κ1) is 25.8. The summed E-state index contributed by atoms with van der Waals surface area (Å²) in [6, 6.07) is 17.5. The molecule has 7 nitrogen and oxygen atoms in total. The summed E-state index contributed by atoms with van der Waals surface area (Å²) in [5.41, 5.74) is 4.78. The van der Waals surface area contributed by atoms with Crippen LogP contribution in [0.15, 0.2) is 65.8 Å². The molecule has 1 aliphatic heterocycles. The van der Waals surface area contributed by atoms with E-state index in [0.29, 0.717) is 37.8 Å². The molecule has 1 N–H and O–H groups in total. The summed E-state index contributed by atoms with van der Waals surface area (Å²) < 4.78 is 11.3. The summed E-state index contributed by atoms with van der Waals surface area (Å²) in [7, 11) is 1.54. The number of carbonyl (C=O) groups excluding carboxylic acids is 2. The number of amides is 2. The van der Waals surface area contributed by atoms with Crippen molar-refractivity contribution in [2.24, 2.45) is 11.0 Å². The molecule has 3 aromatic rings. The Labute approximate surface area is 223 Å². The molecule has 1 saturated heterocycles. The van der Waals surface area contributed by atoms with E-state index in [9.17, 15) is 9.59 Å². The minimum Gasteiger partial charge on any atom is -0.493 e. The largest absolute Gasteiger partial charge is 0.493 e. The Balaban J connectivity index is 1.33. The van der Waals surface area contributed by atoms with Gasteiger partial charge in [0.05, 0.1) is 29.3 Å². The number of hydrazone groups is 1. The lowest BCUT2D eigenvalue weighted by atomic mass is 10.1. The molecular formula is C26H22Cl3N3O4. The average Bonchev–Trinajstić information content (AvgIpc) is 3.27. The molecule has 2 amide bonds. The number of methoxy groups -OCH3 is 1. The molecule has 36 heavy (non-hydrogen) atoms. The van der Waals surface area contributed by atoms with Gasteiger partial charge in [-0.25, -0.2) is 5.43 Å². The molecule has 1 heterocycles. The number of rotatable bonds is 8. The fourth-order valence-electron chi connectivity index (χ4n) is 3.69. The summed E-state index contributed by atoms with van der Waals surface area (Å²) in [6.07, 6.45) is 1.61. The number of benzene rings is 3. The molecule has 0 unspecified atom stereocenters. The first-order valence-corrected chi connectivity index (χ1v) is 12.1. The molecule has 4 rings (SSSR count). The summed E-state index contributed by atoms with van der Waals surface area (Å²) in [5, 5.41) is 5.56. The van der Waals surface area contributed by atoms with Gasteiger partial charge in [0.25, 0.3) is 0 Å². The minimum absolute atomic E-state index is 0.114. The summed E-state index contributed by atoms with van der Waals surface area (Å²) in [4.78, 5) is 26.5. The van der Waals surface area contributed by atoms with E-state index in [-0.39, 0.29) is 31.4 Å². The van der Waals surface area contributed by atoms with Crippen LogP contribution in [0.1, 0.15) is 17.5 Å². The second-order valence-corrected chi connectivity index (χ2v) is 9.31. The van der Waals surface area contributed by atoms with E-state index in [0.717, 1.165) is 5.56 Å². The summed E-state index contributed by atoms with van der Waals surface area (Å²) >= 11 is 17.9. The third-order valence-corrected chi connectivity index (χ3v) is 6.58. The summed E-state index contributed by atoms with van der Waals surface area (Å²) in [6.45, 7) is 0.560. The molecular weight excluding hydrogens is 525 g/mol. The fourth-order valence-corrected chi connectivity index (χ4v) is 4.14. The van der Waals surface area contributed by atoms with Crippen LogP contribution >= 0.6 is 34.8 Å². The van der Waals surface area contributed by atoms with Gasteiger partial charge in [-0.15, -0.1) is 0 Å². The second-order valence-electron chi connectivity index (χ2n) is 8.06. The van der Waals surface area contributed by atoms with Crippen molar-refractivity contribution in [1.29, 1.82) is 0 Å². The molecule has 0 radical (unpaired) electrons. The van der Waals surface area contributed by atoms with Crippen molar-refractivity contribution in [3.63, 3.8) is 0 Å². The topological polar surface area (TPSA) is 80.2 Å². The van der Waals surface area contributed by atoms with Gasteiger partial charge in [0.1, 0.15) is 6.61 Å². The van der Waals surface area contributed by atoms with Gasteiger partial charge in [-0.05, 0) is 65.7 Å². The molecule has 0 saturated carbocycles. The molecule has 0 bridgehead atoms. The van der Waals surface area contributed by atoms with E-state index in [1.54, 1.807) is 59.5 Å². The normalized spacial score (nSPS) is 15.4. The molecule has 0 aromatic heterocycles. The third-order valence-electron chi connectivity index (χ3n) is 5.59. The van der Waals surface area contributed by atoms with Crippen molar-refractivity contribution >= 4 is 58.5 Å². The Morgan fingerprint density at radius 1 is 1.06 bits per heavy atom. The van der Waals surface area contributed by atoms with Gasteiger partial charge in [-0.1, -0.05) is 40.9 Å². The van der Waals surface area contributed by atoms with Crippen LogP contribution in [0.5, 0.6) is 11.5 Å². The van der Waals surface area contributed by atoms with Gasteiger partial charge in [0.15, 0.2) is 11.5 Å². The number of hydrogen-bond donors (Lipinski definition) is 1. The Morgan fingerprint density at radius 3 is 2.56 bits per heavy atom. The van der Waals surface area contributed by atoms with Gasteiger partial charge in [0, 0.05) is 23.7 Å². The number of hydrogen-bond acceptors (Lipinski definition) is 5. The minimum atomic E-state index is -0.503.